The first-order valence-corrected chi connectivity index (χ1v) is 7.04. The highest BCUT2D eigenvalue weighted by molar-refractivity contribution is 9.10. The number of carbonyl (C=O) groups excluding carboxylic acids is 1. The first-order chi connectivity index (χ1) is 8.22. The Bertz CT molecular complexity index is 446. The molecule has 3 rings (SSSR count). The van der Waals surface area contributed by atoms with E-state index in [4.69, 9.17) is 0 Å². The lowest BCUT2D eigenvalue weighted by atomic mass is 10.1. The lowest BCUT2D eigenvalue weighted by Crippen LogP contribution is -2.36. The number of piperidine rings is 1. The second-order valence-electron chi connectivity index (χ2n) is 5.20. The molecule has 1 aromatic rings. The van der Waals surface area contributed by atoms with Gasteiger partial charge in [-0.15, -0.1) is 0 Å². The lowest BCUT2D eigenvalue weighted by Gasteiger charge is -2.25. The molecule has 2 nitrogen and oxygen atoms in total. The number of ketones is 1. The number of carbonyl (C=O) groups is 1. The Morgan fingerprint density at radius 1 is 1.41 bits per heavy atom. The molecule has 1 heterocycles. The van der Waals surface area contributed by atoms with Gasteiger partial charge < -0.3 is 0 Å². The van der Waals surface area contributed by atoms with E-state index in [0.717, 1.165) is 22.5 Å². The Morgan fingerprint density at radius 2 is 2.29 bits per heavy atom. The van der Waals surface area contributed by atoms with Gasteiger partial charge in [-0.3, -0.25) is 9.69 Å². The fourth-order valence-electron chi connectivity index (χ4n) is 3.16. The summed E-state index contributed by atoms with van der Waals surface area (Å²) < 4.78 is 0.978. The van der Waals surface area contributed by atoms with Crippen molar-refractivity contribution in [3.63, 3.8) is 0 Å². The van der Waals surface area contributed by atoms with Gasteiger partial charge in [0, 0.05) is 22.6 Å². The van der Waals surface area contributed by atoms with Crippen LogP contribution in [0.3, 0.4) is 0 Å². The van der Waals surface area contributed by atoms with Crippen LogP contribution in [0.4, 0.5) is 0 Å². The Kier molecular flexibility index (Phi) is 3.05. The van der Waals surface area contributed by atoms with Gasteiger partial charge in [0.05, 0.1) is 6.54 Å². The highest BCUT2D eigenvalue weighted by Gasteiger charge is 2.38. The zero-order valence-electron chi connectivity index (χ0n) is 9.73. The molecule has 0 aromatic heterocycles. The van der Waals surface area contributed by atoms with E-state index in [9.17, 15) is 4.79 Å². The molecule has 90 valence electrons. The Balaban J connectivity index is 1.68. The van der Waals surface area contributed by atoms with E-state index >= 15 is 0 Å². The maximum atomic E-state index is 12.2. The molecule has 17 heavy (non-hydrogen) atoms. The van der Waals surface area contributed by atoms with Crippen LogP contribution < -0.4 is 0 Å². The molecule has 0 N–H and O–H groups in total. The van der Waals surface area contributed by atoms with Crippen molar-refractivity contribution in [3.8, 4) is 0 Å². The monoisotopic (exact) mass is 293 g/mol. The molecule has 2 unspecified atom stereocenters. The number of hydrogen-bond donors (Lipinski definition) is 0. The summed E-state index contributed by atoms with van der Waals surface area (Å²) in [5, 5.41) is 0. The molecule has 2 bridgehead atoms. The molecule has 1 saturated carbocycles. The summed E-state index contributed by atoms with van der Waals surface area (Å²) in [7, 11) is 0. The van der Waals surface area contributed by atoms with Crippen molar-refractivity contribution >= 4 is 21.7 Å². The molecule has 2 aliphatic rings. The second-order valence-corrected chi connectivity index (χ2v) is 6.11. The van der Waals surface area contributed by atoms with E-state index in [-0.39, 0.29) is 5.78 Å². The first kappa shape index (κ1) is 11.4. The molecule has 3 heteroatoms. The predicted octanol–water partition coefficient (Wildman–Crippen LogP) is 3.12. The number of rotatable bonds is 3. The van der Waals surface area contributed by atoms with Crippen LogP contribution in [0.2, 0.25) is 0 Å². The van der Waals surface area contributed by atoms with Crippen molar-refractivity contribution in [3.05, 3.63) is 34.3 Å². The largest absolute Gasteiger partial charge is 0.293 e. The third-order valence-electron chi connectivity index (χ3n) is 4.02. The minimum atomic E-state index is 0.249. The van der Waals surface area contributed by atoms with Gasteiger partial charge in [-0.1, -0.05) is 28.1 Å². The quantitative estimate of drug-likeness (QED) is 0.798. The SMILES string of the molecule is O=C(CN1CC2CCC1C2)c1cccc(Br)c1. The van der Waals surface area contributed by atoms with E-state index in [0.29, 0.717) is 12.6 Å². The van der Waals surface area contributed by atoms with E-state index in [1.165, 1.54) is 19.3 Å². The van der Waals surface area contributed by atoms with E-state index in [2.05, 4.69) is 20.8 Å². The Hall–Kier alpha value is -0.670. The summed E-state index contributed by atoms with van der Waals surface area (Å²) in [6.45, 7) is 1.72. The van der Waals surface area contributed by atoms with Gasteiger partial charge in [-0.25, -0.2) is 0 Å². The molecular formula is C14H16BrNO. The summed E-state index contributed by atoms with van der Waals surface area (Å²) in [6, 6.07) is 8.37. The molecule has 0 spiro atoms. The van der Waals surface area contributed by atoms with Crippen LogP contribution >= 0.6 is 15.9 Å². The molecule has 2 atom stereocenters. The van der Waals surface area contributed by atoms with Crippen LogP contribution in [0.5, 0.6) is 0 Å². The van der Waals surface area contributed by atoms with Crippen LogP contribution in [-0.2, 0) is 0 Å². The maximum absolute atomic E-state index is 12.2. The number of hydrogen-bond acceptors (Lipinski definition) is 2. The molecule has 2 fully saturated rings. The summed E-state index contributed by atoms with van der Waals surface area (Å²) in [6.07, 6.45) is 3.97. The number of nitrogens with zero attached hydrogens (tertiary/aromatic N) is 1. The first-order valence-electron chi connectivity index (χ1n) is 6.25. The summed E-state index contributed by atoms with van der Waals surface area (Å²) in [5.74, 6) is 1.11. The summed E-state index contributed by atoms with van der Waals surface area (Å²) >= 11 is 3.41. The Morgan fingerprint density at radius 3 is 2.94 bits per heavy atom. The van der Waals surface area contributed by atoms with Gasteiger partial charge in [-0.2, -0.15) is 0 Å². The molecule has 1 aliphatic heterocycles. The zero-order chi connectivity index (χ0) is 11.8. The molecule has 1 aliphatic carbocycles. The third kappa shape index (κ3) is 2.31. The predicted molar refractivity (Wildman–Crippen MR) is 71.2 cm³/mol. The molecule has 0 amide bonds. The smallest absolute Gasteiger partial charge is 0.176 e. The van der Waals surface area contributed by atoms with Crippen LogP contribution in [0.1, 0.15) is 29.6 Å². The van der Waals surface area contributed by atoms with Gasteiger partial charge in [-0.05, 0) is 37.3 Å². The number of halogens is 1. The maximum Gasteiger partial charge on any atom is 0.176 e. The fraction of sp³-hybridized carbons (Fsp3) is 0.500. The lowest BCUT2D eigenvalue weighted by molar-refractivity contribution is 0.0905. The van der Waals surface area contributed by atoms with Crippen LogP contribution in [-0.4, -0.2) is 29.8 Å². The fourth-order valence-corrected chi connectivity index (χ4v) is 3.56. The highest BCUT2D eigenvalue weighted by Crippen LogP contribution is 2.37. The Labute approximate surface area is 110 Å². The average Bonchev–Trinajstić information content (AvgIpc) is 2.91. The minimum absolute atomic E-state index is 0.249. The molecular weight excluding hydrogens is 278 g/mol. The molecule has 0 radical (unpaired) electrons. The highest BCUT2D eigenvalue weighted by atomic mass is 79.9. The van der Waals surface area contributed by atoms with Gasteiger partial charge in [0.25, 0.3) is 0 Å². The van der Waals surface area contributed by atoms with Crippen molar-refractivity contribution in [2.75, 3.05) is 13.1 Å². The average molecular weight is 294 g/mol. The zero-order valence-corrected chi connectivity index (χ0v) is 11.3. The van der Waals surface area contributed by atoms with E-state index in [1.54, 1.807) is 0 Å². The van der Waals surface area contributed by atoms with Gasteiger partial charge in [0.1, 0.15) is 0 Å². The normalized spacial score (nSPS) is 27.6. The van der Waals surface area contributed by atoms with Gasteiger partial charge in [0.2, 0.25) is 0 Å². The number of benzene rings is 1. The van der Waals surface area contributed by atoms with E-state index < -0.39 is 0 Å². The van der Waals surface area contributed by atoms with Crippen LogP contribution in [0.25, 0.3) is 0 Å². The topological polar surface area (TPSA) is 20.3 Å². The van der Waals surface area contributed by atoms with E-state index in [1.807, 2.05) is 24.3 Å². The van der Waals surface area contributed by atoms with Crippen molar-refractivity contribution in [1.29, 1.82) is 0 Å². The standard InChI is InChI=1S/C14H16BrNO/c15-12-3-1-2-11(7-12)14(17)9-16-8-10-4-5-13(16)6-10/h1-3,7,10,13H,4-6,8-9H2. The van der Waals surface area contributed by atoms with Crippen molar-refractivity contribution in [2.45, 2.75) is 25.3 Å². The van der Waals surface area contributed by atoms with Gasteiger partial charge >= 0.3 is 0 Å². The van der Waals surface area contributed by atoms with Gasteiger partial charge in [0.15, 0.2) is 5.78 Å². The summed E-state index contributed by atoms with van der Waals surface area (Å²) in [4.78, 5) is 14.5. The number of Topliss-reactive ketones (excluding diaryl/α,β-unsaturated/α-hetero) is 1. The summed E-state index contributed by atoms with van der Waals surface area (Å²) in [5.41, 5.74) is 0.821. The molecule has 1 aromatic carbocycles. The second kappa shape index (κ2) is 4.54. The molecule has 1 saturated heterocycles. The van der Waals surface area contributed by atoms with Crippen molar-refractivity contribution in [2.24, 2.45) is 5.92 Å². The van der Waals surface area contributed by atoms with Crippen LogP contribution in [0, 0.1) is 5.92 Å². The van der Waals surface area contributed by atoms with Crippen molar-refractivity contribution < 1.29 is 4.79 Å². The third-order valence-corrected chi connectivity index (χ3v) is 4.51. The minimum Gasteiger partial charge on any atom is -0.293 e. The number of fused-ring (bicyclic) bond motifs is 2. The number of likely N-dealkylation sites (tertiary alicyclic amines) is 1. The van der Waals surface area contributed by atoms with Crippen LogP contribution in [0.15, 0.2) is 28.7 Å². The van der Waals surface area contributed by atoms with Crippen molar-refractivity contribution in [1.82, 2.24) is 4.90 Å².